The molecule has 1 amide bonds. The number of anilines is 1. The number of fused-ring (bicyclic) bond motifs is 1. The van der Waals surface area contributed by atoms with Crippen molar-refractivity contribution in [3.8, 4) is 5.75 Å². The van der Waals surface area contributed by atoms with E-state index in [2.05, 4.69) is 17.0 Å². The molecule has 0 aromatic heterocycles. The third-order valence-electron chi connectivity index (χ3n) is 8.39. The summed E-state index contributed by atoms with van der Waals surface area (Å²) in [7, 11) is 1.69. The zero-order chi connectivity index (χ0) is 21.1. The number of rotatable bonds is 4. The molecule has 30 heavy (non-hydrogen) atoms. The van der Waals surface area contributed by atoms with Crippen molar-refractivity contribution in [2.75, 3.05) is 31.7 Å². The molecule has 2 saturated heterocycles. The molecule has 0 N–H and O–H groups in total. The highest BCUT2D eigenvalue weighted by atomic mass is 16.5. The first-order valence-electron chi connectivity index (χ1n) is 11.3. The average molecular weight is 413 g/mol. The Balaban J connectivity index is 1.64. The number of para-hydroxylation sites is 1. The normalized spacial score (nSPS) is 34.2. The number of amides is 1. The first-order chi connectivity index (χ1) is 14.4. The lowest BCUT2D eigenvalue weighted by molar-refractivity contribution is -0.143. The van der Waals surface area contributed by atoms with E-state index in [1.807, 2.05) is 11.0 Å². The minimum absolute atomic E-state index is 0.0650. The van der Waals surface area contributed by atoms with Gasteiger partial charge in [0.25, 0.3) is 0 Å². The molecule has 1 spiro atoms. The van der Waals surface area contributed by atoms with Gasteiger partial charge in [-0.3, -0.25) is 14.5 Å². The summed E-state index contributed by atoms with van der Waals surface area (Å²) in [5.74, 6) is 0.697. The van der Waals surface area contributed by atoms with Crippen LogP contribution in [0, 0.1) is 5.41 Å². The molecular weight excluding hydrogens is 380 g/mol. The highest BCUT2D eigenvalue weighted by Crippen LogP contribution is 2.66. The summed E-state index contributed by atoms with van der Waals surface area (Å²) in [6.45, 7) is 5.85. The van der Waals surface area contributed by atoms with Gasteiger partial charge in [-0.25, -0.2) is 0 Å². The largest absolute Gasteiger partial charge is 0.495 e. The van der Waals surface area contributed by atoms with Gasteiger partial charge in [-0.05, 0) is 68.7 Å². The van der Waals surface area contributed by atoms with Crippen molar-refractivity contribution in [2.24, 2.45) is 5.41 Å². The molecule has 6 heteroatoms. The molecule has 0 radical (unpaired) electrons. The summed E-state index contributed by atoms with van der Waals surface area (Å²) in [4.78, 5) is 29.0. The fraction of sp³-hybridized carbons (Fsp3) is 0.667. The van der Waals surface area contributed by atoms with Gasteiger partial charge in [-0.15, -0.1) is 0 Å². The summed E-state index contributed by atoms with van der Waals surface area (Å²) in [5, 5.41) is 0. The maximum absolute atomic E-state index is 12.9. The predicted octanol–water partition coefficient (Wildman–Crippen LogP) is 3.27. The van der Waals surface area contributed by atoms with Crippen LogP contribution in [0.3, 0.4) is 0 Å². The van der Waals surface area contributed by atoms with Crippen LogP contribution in [0.25, 0.3) is 0 Å². The number of esters is 1. The first kappa shape index (κ1) is 19.9. The average Bonchev–Trinajstić information content (AvgIpc) is 3.25. The molecule has 1 aromatic rings. The maximum atomic E-state index is 12.9. The molecule has 4 atom stereocenters. The van der Waals surface area contributed by atoms with Crippen molar-refractivity contribution in [2.45, 2.75) is 69.9 Å². The summed E-state index contributed by atoms with van der Waals surface area (Å²) in [6, 6.07) is 6.84. The predicted molar refractivity (Wildman–Crippen MR) is 114 cm³/mol. The van der Waals surface area contributed by atoms with Crippen LogP contribution in [-0.4, -0.2) is 55.7 Å². The van der Waals surface area contributed by atoms with Crippen LogP contribution in [0.15, 0.2) is 18.2 Å². The van der Waals surface area contributed by atoms with Gasteiger partial charge in [-0.2, -0.15) is 0 Å². The van der Waals surface area contributed by atoms with E-state index in [9.17, 15) is 9.59 Å². The summed E-state index contributed by atoms with van der Waals surface area (Å²) < 4.78 is 11.1. The van der Waals surface area contributed by atoms with Gasteiger partial charge in [0.2, 0.25) is 5.91 Å². The maximum Gasteiger partial charge on any atom is 0.302 e. The molecular formula is C24H32N2O4. The smallest absolute Gasteiger partial charge is 0.302 e. The van der Waals surface area contributed by atoms with E-state index in [1.165, 1.54) is 25.3 Å². The van der Waals surface area contributed by atoms with E-state index in [-0.39, 0.29) is 28.7 Å². The zero-order valence-corrected chi connectivity index (χ0v) is 18.3. The highest BCUT2D eigenvalue weighted by Gasteiger charge is 2.68. The molecule has 4 aliphatic rings. The fourth-order valence-electron chi connectivity index (χ4n) is 7.61. The standard InChI is InChI=1S/C24H32N2O4/c1-16(27)26-20-8-10-23(12-15-30-17(2)28)9-5-13-25-14-11-24(20,22(23)25)18-6-4-7-19(29-3)21(18)26/h4,6-7,20,22H,5,8-15H2,1-3H3/t20-,22-,23-,24-/m1/s1. The topological polar surface area (TPSA) is 59.1 Å². The second kappa shape index (κ2) is 6.98. The number of methoxy groups -OCH3 is 1. The van der Waals surface area contributed by atoms with Crippen molar-refractivity contribution >= 4 is 17.6 Å². The number of ether oxygens (including phenoxy) is 2. The van der Waals surface area contributed by atoms with Crippen molar-refractivity contribution in [1.29, 1.82) is 0 Å². The van der Waals surface area contributed by atoms with Gasteiger partial charge in [-0.1, -0.05) is 12.1 Å². The minimum Gasteiger partial charge on any atom is -0.495 e. The molecule has 3 aliphatic heterocycles. The van der Waals surface area contributed by atoms with E-state index in [1.54, 1.807) is 14.0 Å². The van der Waals surface area contributed by atoms with E-state index in [0.717, 1.165) is 50.2 Å². The monoisotopic (exact) mass is 412 g/mol. The molecule has 162 valence electrons. The molecule has 1 aliphatic carbocycles. The van der Waals surface area contributed by atoms with E-state index >= 15 is 0 Å². The Morgan fingerprint density at radius 3 is 2.73 bits per heavy atom. The van der Waals surface area contributed by atoms with Gasteiger partial charge < -0.3 is 14.4 Å². The first-order valence-corrected chi connectivity index (χ1v) is 11.3. The van der Waals surface area contributed by atoms with E-state index in [0.29, 0.717) is 12.6 Å². The van der Waals surface area contributed by atoms with E-state index in [4.69, 9.17) is 9.47 Å². The second-order valence-corrected chi connectivity index (χ2v) is 9.58. The Bertz CT molecular complexity index is 886. The van der Waals surface area contributed by atoms with Gasteiger partial charge in [0, 0.05) is 31.3 Å². The molecule has 3 heterocycles. The Morgan fingerprint density at radius 2 is 2.00 bits per heavy atom. The Morgan fingerprint density at radius 1 is 1.17 bits per heavy atom. The zero-order valence-electron chi connectivity index (χ0n) is 18.3. The Labute approximate surface area is 178 Å². The molecule has 1 saturated carbocycles. The van der Waals surface area contributed by atoms with Gasteiger partial charge in [0.1, 0.15) is 5.75 Å². The van der Waals surface area contributed by atoms with Crippen molar-refractivity contribution in [3.63, 3.8) is 0 Å². The number of benzene rings is 1. The quantitative estimate of drug-likeness (QED) is 0.711. The summed E-state index contributed by atoms with van der Waals surface area (Å²) in [5.41, 5.74) is 2.34. The van der Waals surface area contributed by atoms with Crippen molar-refractivity contribution in [1.82, 2.24) is 4.90 Å². The number of carbonyl (C=O) groups excluding carboxylic acids is 2. The van der Waals surface area contributed by atoms with Crippen LogP contribution < -0.4 is 9.64 Å². The SMILES string of the molecule is COc1cccc2c1N(C(C)=O)[C@@H]1CC[C@@]3(CCOC(C)=O)CCCN4CC[C@@]21[C@H]43. The van der Waals surface area contributed by atoms with Gasteiger partial charge in [0.05, 0.1) is 19.4 Å². The van der Waals surface area contributed by atoms with Gasteiger partial charge >= 0.3 is 5.97 Å². The molecule has 6 nitrogen and oxygen atoms in total. The number of piperidine rings is 1. The lowest BCUT2D eigenvalue weighted by Gasteiger charge is -2.58. The molecule has 5 rings (SSSR count). The molecule has 0 unspecified atom stereocenters. The number of carbonyl (C=O) groups is 2. The van der Waals surface area contributed by atoms with Crippen molar-refractivity contribution < 1.29 is 19.1 Å². The fourth-order valence-corrected chi connectivity index (χ4v) is 7.61. The lowest BCUT2D eigenvalue weighted by atomic mass is 9.52. The van der Waals surface area contributed by atoms with E-state index < -0.39 is 0 Å². The lowest BCUT2D eigenvalue weighted by Crippen LogP contribution is -2.65. The summed E-state index contributed by atoms with van der Waals surface area (Å²) >= 11 is 0. The Hall–Kier alpha value is -2.08. The van der Waals surface area contributed by atoms with Crippen LogP contribution in [0.4, 0.5) is 5.69 Å². The Kier molecular flexibility index (Phi) is 4.62. The number of nitrogens with zero attached hydrogens (tertiary/aromatic N) is 2. The van der Waals surface area contributed by atoms with Crippen LogP contribution in [-0.2, 0) is 19.7 Å². The second-order valence-electron chi connectivity index (χ2n) is 9.58. The highest BCUT2D eigenvalue weighted by molar-refractivity contribution is 5.98. The van der Waals surface area contributed by atoms with Crippen LogP contribution in [0.2, 0.25) is 0 Å². The number of hydrogen-bond donors (Lipinski definition) is 0. The van der Waals surface area contributed by atoms with Crippen LogP contribution in [0.1, 0.15) is 57.9 Å². The third-order valence-corrected chi connectivity index (χ3v) is 8.39. The van der Waals surface area contributed by atoms with Crippen LogP contribution >= 0.6 is 0 Å². The van der Waals surface area contributed by atoms with Crippen LogP contribution in [0.5, 0.6) is 5.75 Å². The minimum atomic E-state index is -0.201. The molecule has 1 aromatic carbocycles. The summed E-state index contributed by atoms with van der Waals surface area (Å²) in [6.07, 6.45) is 6.40. The van der Waals surface area contributed by atoms with Crippen molar-refractivity contribution in [3.05, 3.63) is 23.8 Å². The molecule has 0 bridgehead atoms. The number of hydrogen-bond acceptors (Lipinski definition) is 5. The third kappa shape index (κ3) is 2.52. The molecule has 3 fully saturated rings. The van der Waals surface area contributed by atoms with Gasteiger partial charge in [0.15, 0.2) is 0 Å².